The Balaban J connectivity index is 2.00. The van der Waals surface area contributed by atoms with Gasteiger partial charge in [-0.3, -0.25) is 4.98 Å². The topological polar surface area (TPSA) is 48.1 Å². The number of nitrogens with zero attached hydrogens (tertiary/aromatic N) is 1. The summed E-state index contributed by atoms with van der Waals surface area (Å²) in [6.45, 7) is 4.96. The van der Waals surface area contributed by atoms with Crippen molar-refractivity contribution in [1.82, 2.24) is 4.98 Å². The summed E-state index contributed by atoms with van der Waals surface area (Å²) in [7, 11) is 0. The van der Waals surface area contributed by atoms with Crippen molar-refractivity contribution in [2.24, 2.45) is 11.7 Å². The van der Waals surface area contributed by atoms with Crippen molar-refractivity contribution in [2.45, 2.75) is 58.4 Å². The van der Waals surface area contributed by atoms with Gasteiger partial charge in [0.1, 0.15) is 5.75 Å². The molecule has 3 heteroatoms. The molecule has 19 heavy (non-hydrogen) atoms. The first-order valence-corrected chi connectivity index (χ1v) is 7.54. The average molecular weight is 262 g/mol. The van der Waals surface area contributed by atoms with Crippen LogP contribution < -0.4 is 10.5 Å². The summed E-state index contributed by atoms with van der Waals surface area (Å²) >= 11 is 0. The van der Waals surface area contributed by atoms with E-state index >= 15 is 0 Å². The van der Waals surface area contributed by atoms with Gasteiger partial charge in [-0.1, -0.05) is 19.8 Å². The zero-order valence-electron chi connectivity index (χ0n) is 12.2. The summed E-state index contributed by atoms with van der Waals surface area (Å²) in [6, 6.07) is 4.24. The fourth-order valence-electron chi connectivity index (χ4n) is 2.65. The van der Waals surface area contributed by atoms with Crippen LogP contribution in [0, 0.1) is 12.8 Å². The van der Waals surface area contributed by atoms with Gasteiger partial charge in [0.25, 0.3) is 0 Å². The van der Waals surface area contributed by atoms with E-state index in [1.54, 1.807) is 0 Å². The molecule has 1 unspecified atom stereocenters. The van der Waals surface area contributed by atoms with Crippen LogP contribution in [0.4, 0.5) is 0 Å². The van der Waals surface area contributed by atoms with Gasteiger partial charge in [0.15, 0.2) is 0 Å². The lowest BCUT2D eigenvalue weighted by molar-refractivity contribution is 0.248. The minimum Gasteiger partial charge on any atom is -0.491 e. The zero-order chi connectivity index (χ0) is 13.7. The van der Waals surface area contributed by atoms with Crippen LogP contribution in [-0.4, -0.2) is 17.6 Å². The maximum absolute atomic E-state index is 6.05. The van der Waals surface area contributed by atoms with Crippen LogP contribution in [0.15, 0.2) is 12.1 Å². The second-order valence-electron chi connectivity index (χ2n) is 5.73. The molecular weight excluding hydrogens is 236 g/mol. The lowest BCUT2D eigenvalue weighted by Gasteiger charge is -2.16. The van der Waals surface area contributed by atoms with Crippen LogP contribution in [0.1, 0.15) is 50.4 Å². The van der Waals surface area contributed by atoms with Crippen molar-refractivity contribution in [3.8, 4) is 5.75 Å². The SMILES string of the molecule is CCC(N)Cc1nc(C)ccc1OCC1CCCC1. The molecule has 106 valence electrons. The van der Waals surface area contributed by atoms with Crippen LogP contribution in [0.25, 0.3) is 0 Å². The molecule has 1 heterocycles. The average Bonchev–Trinajstić information content (AvgIpc) is 2.91. The fourth-order valence-corrected chi connectivity index (χ4v) is 2.65. The van der Waals surface area contributed by atoms with Gasteiger partial charge in [0, 0.05) is 18.2 Å². The van der Waals surface area contributed by atoms with E-state index < -0.39 is 0 Å². The molecule has 0 radical (unpaired) electrons. The number of ether oxygens (including phenoxy) is 1. The van der Waals surface area contributed by atoms with Crippen LogP contribution in [-0.2, 0) is 6.42 Å². The van der Waals surface area contributed by atoms with Crippen molar-refractivity contribution >= 4 is 0 Å². The van der Waals surface area contributed by atoms with E-state index in [0.29, 0.717) is 0 Å². The molecule has 1 aliphatic carbocycles. The summed E-state index contributed by atoms with van der Waals surface area (Å²) in [5.41, 5.74) is 8.10. The minimum absolute atomic E-state index is 0.170. The summed E-state index contributed by atoms with van der Waals surface area (Å²) in [4.78, 5) is 4.60. The van der Waals surface area contributed by atoms with Crippen LogP contribution in [0.2, 0.25) is 0 Å². The van der Waals surface area contributed by atoms with Gasteiger partial charge in [0.2, 0.25) is 0 Å². The largest absolute Gasteiger partial charge is 0.491 e. The van der Waals surface area contributed by atoms with Gasteiger partial charge in [-0.15, -0.1) is 0 Å². The van der Waals surface area contributed by atoms with E-state index in [1.165, 1.54) is 25.7 Å². The molecule has 3 nitrogen and oxygen atoms in total. The monoisotopic (exact) mass is 262 g/mol. The van der Waals surface area contributed by atoms with Crippen molar-refractivity contribution in [3.63, 3.8) is 0 Å². The molecule has 2 N–H and O–H groups in total. The van der Waals surface area contributed by atoms with E-state index in [1.807, 2.05) is 13.0 Å². The number of aryl methyl sites for hydroxylation is 1. The third-order valence-corrected chi connectivity index (χ3v) is 4.00. The predicted octanol–water partition coefficient (Wildman–Crippen LogP) is 3.24. The maximum atomic E-state index is 6.05. The Kier molecular flexibility index (Phi) is 5.20. The third-order valence-electron chi connectivity index (χ3n) is 4.00. The molecule has 2 rings (SSSR count). The molecule has 0 spiro atoms. The Morgan fingerprint density at radius 2 is 2.11 bits per heavy atom. The highest BCUT2D eigenvalue weighted by Gasteiger charge is 2.17. The van der Waals surface area contributed by atoms with Crippen LogP contribution in [0.5, 0.6) is 5.75 Å². The lowest BCUT2D eigenvalue weighted by atomic mass is 10.1. The number of aromatic nitrogens is 1. The van der Waals surface area contributed by atoms with E-state index in [2.05, 4.69) is 18.0 Å². The standard InChI is InChI=1S/C16H26N2O/c1-3-14(17)10-15-16(9-8-12(2)18-15)19-11-13-6-4-5-7-13/h8-9,13-14H,3-7,10-11,17H2,1-2H3. The Morgan fingerprint density at radius 3 is 2.79 bits per heavy atom. The van der Waals surface area contributed by atoms with Gasteiger partial charge in [-0.25, -0.2) is 0 Å². The molecule has 0 amide bonds. The Bertz CT molecular complexity index is 400. The molecule has 1 aliphatic rings. The molecule has 0 saturated heterocycles. The van der Waals surface area contributed by atoms with Gasteiger partial charge >= 0.3 is 0 Å². The smallest absolute Gasteiger partial charge is 0.140 e. The van der Waals surface area contributed by atoms with Gasteiger partial charge in [-0.05, 0) is 44.2 Å². The molecular formula is C16H26N2O. The van der Waals surface area contributed by atoms with Crippen molar-refractivity contribution in [2.75, 3.05) is 6.61 Å². The summed E-state index contributed by atoms with van der Waals surface area (Å²) in [5.74, 6) is 1.66. The molecule has 1 fully saturated rings. The number of hydrogen-bond acceptors (Lipinski definition) is 3. The highest BCUT2D eigenvalue weighted by Crippen LogP contribution is 2.26. The predicted molar refractivity (Wildman–Crippen MR) is 78.4 cm³/mol. The highest BCUT2D eigenvalue weighted by molar-refractivity contribution is 5.30. The van der Waals surface area contributed by atoms with E-state index in [9.17, 15) is 0 Å². The minimum atomic E-state index is 0.170. The first-order chi connectivity index (χ1) is 9.19. The van der Waals surface area contributed by atoms with Crippen LogP contribution >= 0.6 is 0 Å². The highest BCUT2D eigenvalue weighted by atomic mass is 16.5. The second kappa shape index (κ2) is 6.90. The Hall–Kier alpha value is -1.09. The normalized spacial score (nSPS) is 17.6. The second-order valence-corrected chi connectivity index (χ2v) is 5.73. The van der Waals surface area contributed by atoms with Crippen molar-refractivity contribution in [1.29, 1.82) is 0 Å². The van der Waals surface area contributed by atoms with Crippen molar-refractivity contribution < 1.29 is 4.74 Å². The van der Waals surface area contributed by atoms with E-state index in [-0.39, 0.29) is 6.04 Å². The lowest BCUT2D eigenvalue weighted by Crippen LogP contribution is -2.23. The Morgan fingerprint density at radius 1 is 1.37 bits per heavy atom. The quantitative estimate of drug-likeness (QED) is 0.856. The number of hydrogen-bond donors (Lipinski definition) is 1. The first kappa shape index (κ1) is 14.3. The van der Waals surface area contributed by atoms with Crippen molar-refractivity contribution in [3.05, 3.63) is 23.5 Å². The molecule has 1 aromatic heterocycles. The fraction of sp³-hybridized carbons (Fsp3) is 0.688. The molecule has 1 saturated carbocycles. The number of rotatable bonds is 6. The van der Waals surface area contributed by atoms with Gasteiger partial charge < -0.3 is 10.5 Å². The van der Waals surface area contributed by atoms with E-state index in [4.69, 9.17) is 10.5 Å². The zero-order valence-corrected chi connectivity index (χ0v) is 12.2. The maximum Gasteiger partial charge on any atom is 0.140 e. The Labute approximate surface area is 116 Å². The summed E-state index contributed by atoms with van der Waals surface area (Å²) in [6.07, 6.45) is 7.10. The molecule has 1 atom stereocenters. The molecule has 1 aromatic rings. The molecule has 0 aliphatic heterocycles. The summed E-state index contributed by atoms with van der Waals surface area (Å²) < 4.78 is 6.00. The summed E-state index contributed by atoms with van der Waals surface area (Å²) in [5, 5.41) is 0. The molecule has 0 bridgehead atoms. The third kappa shape index (κ3) is 4.20. The van der Waals surface area contributed by atoms with E-state index in [0.717, 1.165) is 42.5 Å². The first-order valence-electron chi connectivity index (χ1n) is 7.54. The van der Waals surface area contributed by atoms with Gasteiger partial charge in [0.05, 0.1) is 12.3 Å². The number of pyridine rings is 1. The van der Waals surface area contributed by atoms with Crippen LogP contribution in [0.3, 0.4) is 0 Å². The van der Waals surface area contributed by atoms with Gasteiger partial charge in [-0.2, -0.15) is 0 Å². The molecule has 0 aromatic carbocycles. The number of nitrogens with two attached hydrogens (primary N) is 1.